The highest BCUT2D eigenvalue weighted by Gasteiger charge is 2.20. The maximum atomic E-state index is 5.72. The number of hydrogen-bond acceptors (Lipinski definition) is 3. The molecule has 122 valence electrons. The fraction of sp³-hybridized carbons (Fsp3) is 0.250. The predicted molar refractivity (Wildman–Crippen MR) is 93.9 cm³/mol. The van der Waals surface area contributed by atoms with Crippen LogP contribution in [0.1, 0.15) is 29.2 Å². The van der Waals surface area contributed by atoms with Crippen molar-refractivity contribution in [3.63, 3.8) is 0 Å². The third-order valence-corrected chi connectivity index (χ3v) is 4.39. The molecule has 0 amide bonds. The van der Waals surface area contributed by atoms with Gasteiger partial charge in [0.25, 0.3) is 0 Å². The van der Waals surface area contributed by atoms with Crippen LogP contribution in [0.25, 0.3) is 0 Å². The lowest BCUT2D eigenvalue weighted by atomic mass is 10.0. The topological polar surface area (TPSA) is 39.1 Å². The van der Waals surface area contributed by atoms with Crippen LogP contribution < -0.4 is 10.1 Å². The summed E-state index contributed by atoms with van der Waals surface area (Å²) in [5.74, 6) is 1.00. The second kappa shape index (κ2) is 6.89. The van der Waals surface area contributed by atoms with Crippen LogP contribution in [0.15, 0.2) is 67.0 Å². The zero-order valence-electron chi connectivity index (χ0n) is 13.6. The Kier molecular flexibility index (Phi) is 4.30. The zero-order valence-corrected chi connectivity index (χ0v) is 13.6. The number of ether oxygens (including phenoxy) is 1. The Morgan fingerprint density at radius 2 is 1.88 bits per heavy atom. The molecule has 1 N–H and O–H groups in total. The number of nitrogens with zero attached hydrogens (tertiary/aromatic N) is 2. The van der Waals surface area contributed by atoms with Gasteiger partial charge in [0.2, 0.25) is 0 Å². The number of hydrogen-bond donors (Lipinski definition) is 1. The van der Waals surface area contributed by atoms with E-state index in [9.17, 15) is 0 Å². The summed E-state index contributed by atoms with van der Waals surface area (Å²) in [7, 11) is 0. The highest BCUT2D eigenvalue weighted by molar-refractivity contribution is 5.37. The second-order valence-corrected chi connectivity index (χ2v) is 6.14. The molecular weight excluding hydrogens is 298 g/mol. The van der Waals surface area contributed by atoms with Crippen molar-refractivity contribution in [3.05, 3.63) is 83.7 Å². The van der Waals surface area contributed by atoms with E-state index in [1.54, 1.807) is 0 Å². The normalized spacial score (nSPS) is 16.4. The van der Waals surface area contributed by atoms with Crippen LogP contribution in [-0.4, -0.2) is 16.4 Å². The van der Waals surface area contributed by atoms with E-state index in [0.717, 1.165) is 31.9 Å². The van der Waals surface area contributed by atoms with Crippen molar-refractivity contribution in [1.29, 1.82) is 0 Å². The van der Waals surface area contributed by atoms with E-state index in [-0.39, 0.29) is 0 Å². The van der Waals surface area contributed by atoms with Crippen LogP contribution in [0, 0.1) is 0 Å². The van der Waals surface area contributed by atoms with Gasteiger partial charge in [0.05, 0.1) is 19.3 Å². The van der Waals surface area contributed by atoms with E-state index in [1.807, 2.05) is 29.1 Å². The van der Waals surface area contributed by atoms with Gasteiger partial charge in [-0.2, -0.15) is 5.10 Å². The molecule has 0 bridgehead atoms. The molecule has 2 aromatic carbocycles. The average molecular weight is 319 g/mol. The van der Waals surface area contributed by atoms with Crippen molar-refractivity contribution in [2.45, 2.75) is 25.6 Å². The molecule has 1 aliphatic rings. The third-order valence-electron chi connectivity index (χ3n) is 4.39. The molecule has 4 nitrogen and oxygen atoms in total. The Bertz CT molecular complexity index is 797. The molecule has 1 aromatic heterocycles. The average Bonchev–Trinajstić information content (AvgIpc) is 3.08. The van der Waals surface area contributed by atoms with Gasteiger partial charge >= 0.3 is 0 Å². The Morgan fingerprint density at radius 3 is 2.79 bits per heavy atom. The standard InChI is InChI=1S/C20H21N3O/c1-2-6-16(7-3-1)14-23-15-17(13-22-23)12-21-19-10-11-24-20-9-5-4-8-18(19)20/h1-9,13,15,19,21H,10-12,14H2. The molecule has 0 saturated heterocycles. The minimum atomic E-state index is 0.340. The van der Waals surface area contributed by atoms with Crippen molar-refractivity contribution in [3.8, 4) is 5.75 Å². The quantitative estimate of drug-likeness (QED) is 0.782. The maximum Gasteiger partial charge on any atom is 0.124 e. The summed E-state index contributed by atoms with van der Waals surface area (Å²) in [4.78, 5) is 0. The fourth-order valence-electron chi connectivity index (χ4n) is 3.15. The highest BCUT2D eigenvalue weighted by Crippen LogP contribution is 2.31. The molecule has 1 unspecified atom stereocenters. The first-order valence-electron chi connectivity index (χ1n) is 8.39. The monoisotopic (exact) mass is 319 g/mol. The van der Waals surface area contributed by atoms with Crippen molar-refractivity contribution in [1.82, 2.24) is 15.1 Å². The van der Waals surface area contributed by atoms with E-state index in [2.05, 4.69) is 53.0 Å². The lowest BCUT2D eigenvalue weighted by Gasteiger charge is -2.26. The predicted octanol–water partition coefficient (Wildman–Crippen LogP) is 3.54. The van der Waals surface area contributed by atoms with Gasteiger partial charge in [-0.25, -0.2) is 0 Å². The summed E-state index contributed by atoms with van der Waals surface area (Å²) >= 11 is 0. The Balaban J connectivity index is 1.39. The van der Waals surface area contributed by atoms with Crippen molar-refractivity contribution >= 4 is 0 Å². The first-order valence-corrected chi connectivity index (χ1v) is 8.39. The number of rotatable bonds is 5. The maximum absolute atomic E-state index is 5.72. The summed E-state index contributed by atoms with van der Waals surface area (Å²) in [6.45, 7) is 2.39. The van der Waals surface area contributed by atoms with Gasteiger partial charge in [-0.3, -0.25) is 4.68 Å². The van der Waals surface area contributed by atoms with E-state index in [4.69, 9.17) is 4.74 Å². The molecule has 1 aliphatic heterocycles. The SMILES string of the molecule is c1ccc(Cn2cc(CNC3CCOc4ccccc43)cn2)cc1. The van der Waals surface area contributed by atoms with Gasteiger partial charge in [0.15, 0.2) is 0 Å². The fourth-order valence-corrected chi connectivity index (χ4v) is 3.15. The summed E-state index contributed by atoms with van der Waals surface area (Å²) < 4.78 is 7.71. The molecule has 4 heteroatoms. The van der Waals surface area contributed by atoms with Gasteiger partial charge in [-0.15, -0.1) is 0 Å². The van der Waals surface area contributed by atoms with Crippen LogP contribution >= 0.6 is 0 Å². The smallest absolute Gasteiger partial charge is 0.124 e. The van der Waals surface area contributed by atoms with E-state index in [0.29, 0.717) is 6.04 Å². The molecule has 3 aromatic rings. The molecule has 4 rings (SSSR count). The third kappa shape index (κ3) is 3.34. The molecule has 0 spiro atoms. The molecule has 0 saturated carbocycles. The molecule has 1 atom stereocenters. The Morgan fingerprint density at radius 1 is 1.04 bits per heavy atom. The summed E-state index contributed by atoms with van der Waals surface area (Å²) in [6, 6.07) is 19.0. The van der Waals surface area contributed by atoms with Crippen LogP contribution in [0.4, 0.5) is 0 Å². The number of fused-ring (bicyclic) bond motifs is 1. The lowest BCUT2D eigenvalue weighted by Crippen LogP contribution is -2.26. The molecule has 0 aliphatic carbocycles. The van der Waals surface area contributed by atoms with Gasteiger partial charge in [-0.05, 0) is 11.6 Å². The number of nitrogens with one attached hydrogen (secondary N) is 1. The van der Waals surface area contributed by atoms with Crippen LogP contribution in [0.2, 0.25) is 0 Å². The molecule has 0 radical (unpaired) electrons. The number of para-hydroxylation sites is 1. The van der Waals surface area contributed by atoms with Crippen LogP contribution in [0.5, 0.6) is 5.75 Å². The number of aromatic nitrogens is 2. The molecular formula is C20H21N3O. The minimum absolute atomic E-state index is 0.340. The van der Waals surface area contributed by atoms with Crippen LogP contribution in [0.3, 0.4) is 0 Å². The lowest BCUT2D eigenvalue weighted by molar-refractivity contribution is 0.252. The van der Waals surface area contributed by atoms with Gasteiger partial charge in [0.1, 0.15) is 5.75 Å². The Hall–Kier alpha value is -2.59. The van der Waals surface area contributed by atoms with Gasteiger partial charge in [0, 0.05) is 36.3 Å². The van der Waals surface area contributed by atoms with Gasteiger partial charge < -0.3 is 10.1 Å². The molecule has 2 heterocycles. The second-order valence-electron chi connectivity index (χ2n) is 6.14. The minimum Gasteiger partial charge on any atom is -0.493 e. The van der Waals surface area contributed by atoms with E-state index < -0.39 is 0 Å². The summed E-state index contributed by atoms with van der Waals surface area (Å²) in [5.41, 5.74) is 3.72. The first kappa shape index (κ1) is 15.0. The number of benzene rings is 2. The molecule has 0 fully saturated rings. The zero-order chi connectivity index (χ0) is 16.2. The molecule has 24 heavy (non-hydrogen) atoms. The largest absolute Gasteiger partial charge is 0.493 e. The van der Waals surface area contributed by atoms with Crippen LogP contribution in [-0.2, 0) is 13.1 Å². The van der Waals surface area contributed by atoms with E-state index in [1.165, 1.54) is 16.7 Å². The Labute approximate surface area is 142 Å². The highest BCUT2D eigenvalue weighted by atomic mass is 16.5. The van der Waals surface area contributed by atoms with Crippen molar-refractivity contribution in [2.24, 2.45) is 0 Å². The first-order chi connectivity index (χ1) is 11.9. The van der Waals surface area contributed by atoms with E-state index >= 15 is 0 Å². The summed E-state index contributed by atoms with van der Waals surface area (Å²) in [6.07, 6.45) is 5.06. The van der Waals surface area contributed by atoms with Crippen molar-refractivity contribution < 1.29 is 4.74 Å². The van der Waals surface area contributed by atoms with Crippen molar-refractivity contribution in [2.75, 3.05) is 6.61 Å². The van der Waals surface area contributed by atoms with Gasteiger partial charge in [-0.1, -0.05) is 48.5 Å². The summed E-state index contributed by atoms with van der Waals surface area (Å²) in [5, 5.41) is 8.11.